The highest BCUT2D eigenvalue weighted by Crippen LogP contribution is 2.23. The van der Waals surface area contributed by atoms with Gasteiger partial charge in [0.25, 0.3) is 0 Å². The molecule has 0 radical (unpaired) electrons. The van der Waals surface area contributed by atoms with Gasteiger partial charge in [-0.25, -0.2) is 9.97 Å². The molecule has 0 aliphatic rings. The first kappa shape index (κ1) is 15.9. The number of hydrogen-bond acceptors (Lipinski definition) is 3. The second kappa shape index (κ2) is 7.53. The quantitative estimate of drug-likeness (QED) is 0.875. The maximum atomic E-state index is 6.35. The van der Waals surface area contributed by atoms with E-state index in [1.54, 1.807) is 0 Å². The summed E-state index contributed by atoms with van der Waals surface area (Å²) < 4.78 is 0. The van der Waals surface area contributed by atoms with Crippen LogP contribution in [0.2, 0.25) is 5.02 Å². The average molecular weight is 304 g/mol. The van der Waals surface area contributed by atoms with Gasteiger partial charge in [0.2, 0.25) is 0 Å². The van der Waals surface area contributed by atoms with Crippen molar-refractivity contribution < 1.29 is 0 Å². The lowest BCUT2D eigenvalue weighted by Gasteiger charge is -2.18. The molecule has 1 aromatic carbocycles. The van der Waals surface area contributed by atoms with Gasteiger partial charge < -0.3 is 5.32 Å². The highest BCUT2D eigenvalue weighted by molar-refractivity contribution is 6.31. The van der Waals surface area contributed by atoms with E-state index in [2.05, 4.69) is 34.3 Å². The van der Waals surface area contributed by atoms with Crippen LogP contribution in [0.1, 0.15) is 41.9 Å². The van der Waals surface area contributed by atoms with Gasteiger partial charge in [0.05, 0.1) is 6.04 Å². The van der Waals surface area contributed by atoms with Crippen LogP contribution in [0, 0.1) is 13.8 Å². The van der Waals surface area contributed by atoms with Crippen molar-refractivity contribution in [3.8, 4) is 0 Å². The largest absolute Gasteiger partial charge is 0.307 e. The van der Waals surface area contributed by atoms with E-state index >= 15 is 0 Å². The lowest BCUT2D eigenvalue weighted by Crippen LogP contribution is -2.26. The van der Waals surface area contributed by atoms with E-state index in [0.29, 0.717) is 0 Å². The Labute approximate surface area is 131 Å². The molecule has 1 aromatic heterocycles. The van der Waals surface area contributed by atoms with Crippen LogP contribution in [0.4, 0.5) is 0 Å². The molecule has 0 aliphatic heterocycles. The van der Waals surface area contributed by atoms with Gasteiger partial charge in [-0.1, -0.05) is 30.7 Å². The Morgan fingerprint density at radius 1 is 1.14 bits per heavy atom. The third-order valence-corrected chi connectivity index (χ3v) is 3.74. The monoisotopic (exact) mass is 303 g/mol. The first-order valence-electron chi connectivity index (χ1n) is 7.37. The Kier molecular flexibility index (Phi) is 5.71. The number of hydrogen-bond donors (Lipinski definition) is 1. The van der Waals surface area contributed by atoms with Crippen molar-refractivity contribution in [1.82, 2.24) is 15.3 Å². The predicted molar refractivity (Wildman–Crippen MR) is 87.7 cm³/mol. The van der Waals surface area contributed by atoms with Crippen LogP contribution in [0.15, 0.2) is 30.6 Å². The zero-order valence-electron chi connectivity index (χ0n) is 12.9. The van der Waals surface area contributed by atoms with E-state index < -0.39 is 0 Å². The summed E-state index contributed by atoms with van der Waals surface area (Å²) in [6, 6.07) is 6.27. The van der Waals surface area contributed by atoms with Crippen LogP contribution in [0.5, 0.6) is 0 Å². The summed E-state index contributed by atoms with van der Waals surface area (Å²) in [5.74, 6) is 0.825. The van der Waals surface area contributed by atoms with E-state index in [0.717, 1.165) is 41.4 Å². The molecule has 0 saturated heterocycles. The minimum absolute atomic E-state index is 0.0887. The van der Waals surface area contributed by atoms with Gasteiger partial charge in [-0.2, -0.15) is 0 Å². The second-order valence-corrected chi connectivity index (χ2v) is 5.83. The Morgan fingerprint density at radius 2 is 1.86 bits per heavy atom. The summed E-state index contributed by atoms with van der Waals surface area (Å²) in [6.45, 7) is 7.13. The van der Waals surface area contributed by atoms with Gasteiger partial charge in [0.1, 0.15) is 5.82 Å². The number of nitrogens with zero attached hydrogens (tertiary/aromatic N) is 2. The SMILES string of the molecule is CCCNC(Cc1ccc(C)cc1Cl)c1ncc(C)cn1. The molecule has 1 N–H and O–H groups in total. The Morgan fingerprint density at radius 3 is 2.48 bits per heavy atom. The van der Waals surface area contributed by atoms with E-state index in [9.17, 15) is 0 Å². The normalized spacial score (nSPS) is 12.4. The molecule has 1 atom stereocenters. The van der Waals surface area contributed by atoms with Gasteiger partial charge in [0.15, 0.2) is 0 Å². The number of benzene rings is 1. The molecular formula is C17H22ClN3. The first-order chi connectivity index (χ1) is 10.1. The molecule has 2 aromatic rings. The minimum atomic E-state index is 0.0887. The molecule has 2 rings (SSSR count). The second-order valence-electron chi connectivity index (χ2n) is 5.42. The molecule has 1 heterocycles. The lowest BCUT2D eigenvalue weighted by atomic mass is 10.0. The number of halogens is 1. The molecule has 112 valence electrons. The predicted octanol–water partition coefficient (Wildman–Crippen LogP) is 4.03. The Bertz CT molecular complexity index is 581. The molecule has 21 heavy (non-hydrogen) atoms. The molecule has 0 aliphatic carbocycles. The lowest BCUT2D eigenvalue weighted by molar-refractivity contribution is 0.504. The van der Waals surface area contributed by atoms with Crippen molar-refractivity contribution in [2.75, 3.05) is 6.54 Å². The zero-order valence-corrected chi connectivity index (χ0v) is 13.6. The smallest absolute Gasteiger partial charge is 0.145 e. The third kappa shape index (κ3) is 4.51. The number of aryl methyl sites for hydroxylation is 2. The fraction of sp³-hybridized carbons (Fsp3) is 0.412. The van der Waals surface area contributed by atoms with E-state index in [1.807, 2.05) is 32.3 Å². The minimum Gasteiger partial charge on any atom is -0.307 e. The molecule has 4 heteroatoms. The summed E-state index contributed by atoms with van der Waals surface area (Å²) in [5.41, 5.74) is 3.37. The van der Waals surface area contributed by atoms with E-state index in [4.69, 9.17) is 11.6 Å². The van der Waals surface area contributed by atoms with Gasteiger partial charge in [-0.3, -0.25) is 0 Å². The zero-order chi connectivity index (χ0) is 15.2. The highest BCUT2D eigenvalue weighted by atomic mass is 35.5. The van der Waals surface area contributed by atoms with E-state index in [-0.39, 0.29) is 6.04 Å². The third-order valence-electron chi connectivity index (χ3n) is 3.39. The van der Waals surface area contributed by atoms with Crippen molar-refractivity contribution >= 4 is 11.6 Å². The maximum Gasteiger partial charge on any atom is 0.145 e. The topological polar surface area (TPSA) is 37.8 Å². The average Bonchev–Trinajstić information content (AvgIpc) is 2.46. The standard InChI is InChI=1S/C17H22ClN3/c1-4-7-19-16(17-20-10-13(3)11-21-17)9-14-6-5-12(2)8-15(14)18/h5-6,8,10-11,16,19H,4,7,9H2,1-3H3. The van der Waals surface area contributed by atoms with E-state index in [1.165, 1.54) is 5.56 Å². The van der Waals surface area contributed by atoms with Crippen LogP contribution in [0.3, 0.4) is 0 Å². The molecule has 0 saturated carbocycles. The number of nitrogens with one attached hydrogen (secondary N) is 1. The van der Waals surface area contributed by atoms with Crippen LogP contribution in [-0.4, -0.2) is 16.5 Å². The summed E-state index contributed by atoms with van der Waals surface area (Å²) in [6.07, 6.45) is 5.59. The molecule has 0 fully saturated rings. The Hall–Kier alpha value is -1.45. The molecule has 0 spiro atoms. The first-order valence-corrected chi connectivity index (χ1v) is 7.75. The summed E-state index contributed by atoms with van der Waals surface area (Å²) in [4.78, 5) is 8.92. The fourth-order valence-electron chi connectivity index (χ4n) is 2.19. The van der Waals surface area contributed by atoms with Gasteiger partial charge >= 0.3 is 0 Å². The van der Waals surface area contributed by atoms with Crippen LogP contribution >= 0.6 is 11.6 Å². The number of aromatic nitrogens is 2. The van der Waals surface area contributed by atoms with Crippen LogP contribution in [0.25, 0.3) is 0 Å². The molecular weight excluding hydrogens is 282 g/mol. The maximum absolute atomic E-state index is 6.35. The molecule has 3 nitrogen and oxygen atoms in total. The van der Waals surface area contributed by atoms with Crippen LogP contribution in [-0.2, 0) is 6.42 Å². The van der Waals surface area contributed by atoms with Gasteiger partial charge in [-0.05, 0) is 56.0 Å². The molecule has 0 amide bonds. The van der Waals surface area contributed by atoms with Crippen LogP contribution < -0.4 is 5.32 Å². The Balaban J connectivity index is 2.21. The highest BCUT2D eigenvalue weighted by Gasteiger charge is 2.16. The summed E-state index contributed by atoms with van der Waals surface area (Å²) >= 11 is 6.35. The summed E-state index contributed by atoms with van der Waals surface area (Å²) in [5, 5.41) is 4.32. The molecule has 0 bridgehead atoms. The van der Waals surface area contributed by atoms with Crippen molar-refractivity contribution in [1.29, 1.82) is 0 Å². The van der Waals surface area contributed by atoms with Gasteiger partial charge in [-0.15, -0.1) is 0 Å². The molecule has 1 unspecified atom stereocenters. The van der Waals surface area contributed by atoms with Crippen molar-refractivity contribution in [3.63, 3.8) is 0 Å². The van der Waals surface area contributed by atoms with Crippen molar-refractivity contribution in [2.45, 2.75) is 39.7 Å². The van der Waals surface area contributed by atoms with Crippen molar-refractivity contribution in [3.05, 3.63) is 58.1 Å². The number of rotatable bonds is 6. The van der Waals surface area contributed by atoms with Gasteiger partial charge in [0, 0.05) is 17.4 Å². The fourth-order valence-corrected chi connectivity index (χ4v) is 2.51. The summed E-state index contributed by atoms with van der Waals surface area (Å²) in [7, 11) is 0. The van der Waals surface area contributed by atoms with Crippen molar-refractivity contribution in [2.24, 2.45) is 0 Å².